The molecule has 5 heteroatoms. The van der Waals surface area contributed by atoms with Crippen molar-refractivity contribution in [1.82, 2.24) is 0 Å². The Balaban J connectivity index is 0. The highest BCUT2D eigenvalue weighted by molar-refractivity contribution is 5.90. The summed E-state index contributed by atoms with van der Waals surface area (Å²) in [7, 11) is 0. The molecular formula is C9H23N5. The van der Waals surface area contributed by atoms with Crippen LogP contribution in [0.5, 0.6) is 0 Å². The van der Waals surface area contributed by atoms with Crippen molar-refractivity contribution in [1.29, 1.82) is 5.41 Å². The number of unbranched alkanes of at least 4 members (excludes halogenated alkanes) is 4. The molecule has 0 amide bonds. The first-order valence-electron chi connectivity index (χ1n) is 4.98. The Morgan fingerprint density at radius 1 is 1.00 bits per heavy atom. The predicted octanol–water partition coefficient (Wildman–Crippen LogP) is 1.13. The summed E-state index contributed by atoms with van der Waals surface area (Å²) < 4.78 is 0. The number of nitrogens with one attached hydrogen (secondary N) is 1. The Labute approximate surface area is 86.3 Å². The van der Waals surface area contributed by atoms with E-state index in [4.69, 9.17) is 22.6 Å². The highest BCUT2D eigenvalue weighted by Crippen LogP contribution is 2.00. The van der Waals surface area contributed by atoms with Crippen LogP contribution in [-0.4, -0.2) is 11.9 Å². The lowest BCUT2D eigenvalue weighted by molar-refractivity contribution is 0.656. The van der Waals surface area contributed by atoms with Crippen molar-refractivity contribution in [2.75, 3.05) is 0 Å². The summed E-state index contributed by atoms with van der Waals surface area (Å²) in [6.07, 6.45) is 7.01. The molecule has 0 aromatic carbocycles. The van der Waals surface area contributed by atoms with E-state index in [2.05, 4.69) is 18.8 Å². The van der Waals surface area contributed by atoms with Crippen LogP contribution in [0.25, 0.3) is 0 Å². The minimum Gasteiger partial charge on any atom is -0.370 e. The Bertz CT molecular complexity index is 157. The fraction of sp³-hybridized carbons (Fsp3) is 0.778. The number of nitrogens with two attached hydrogens (primary N) is 3. The summed E-state index contributed by atoms with van der Waals surface area (Å²) in [5.41, 5.74) is 14.3. The number of nitrogens with zero attached hydrogens (tertiary/aromatic N) is 1. The molecule has 0 spiro atoms. The van der Waals surface area contributed by atoms with E-state index in [1.807, 2.05) is 0 Å². The smallest absolute Gasteiger partial charge is 0.215 e. The molecule has 0 unspecified atom stereocenters. The molecule has 0 saturated carbocycles. The molecule has 0 atom stereocenters. The van der Waals surface area contributed by atoms with Crippen LogP contribution in [0.3, 0.4) is 0 Å². The van der Waals surface area contributed by atoms with Gasteiger partial charge in [-0.2, -0.15) is 4.99 Å². The van der Waals surface area contributed by atoms with E-state index in [9.17, 15) is 0 Å². The Morgan fingerprint density at radius 3 is 1.57 bits per heavy atom. The van der Waals surface area contributed by atoms with Crippen molar-refractivity contribution in [3.05, 3.63) is 0 Å². The molecule has 0 saturated heterocycles. The first-order valence-corrected chi connectivity index (χ1v) is 4.98. The van der Waals surface area contributed by atoms with Crippen molar-refractivity contribution in [3.8, 4) is 0 Å². The molecule has 0 aliphatic heterocycles. The van der Waals surface area contributed by atoms with Gasteiger partial charge in [0, 0.05) is 0 Å². The number of rotatable bonds is 4. The zero-order valence-corrected chi connectivity index (χ0v) is 9.21. The van der Waals surface area contributed by atoms with Crippen LogP contribution in [0, 0.1) is 5.41 Å². The normalized spacial score (nSPS) is 8.43. The van der Waals surface area contributed by atoms with E-state index in [0.717, 1.165) is 0 Å². The van der Waals surface area contributed by atoms with Gasteiger partial charge in [-0.3, -0.25) is 5.41 Å². The fourth-order valence-corrected chi connectivity index (χ4v) is 0.816. The Kier molecular flexibility index (Phi) is 12.8. The van der Waals surface area contributed by atoms with E-state index in [1.54, 1.807) is 0 Å². The first-order chi connectivity index (χ1) is 6.54. The number of aliphatic imine (C=N–C) groups is 1. The van der Waals surface area contributed by atoms with Gasteiger partial charge in [0.2, 0.25) is 5.96 Å². The maximum absolute atomic E-state index is 6.46. The highest BCUT2D eigenvalue weighted by atomic mass is 15.1. The predicted molar refractivity (Wildman–Crippen MR) is 62.2 cm³/mol. The Hall–Kier alpha value is -1.26. The third-order valence-electron chi connectivity index (χ3n) is 1.46. The molecule has 0 aromatic heterocycles. The van der Waals surface area contributed by atoms with Gasteiger partial charge in [0.05, 0.1) is 0 Å². The topological polar surface area (TPSA) is 114 Å². The number of guanidine groups is 2. The van der Waals surface area contributed by atoms with E-state index in [-0.39, 0.29) is 11.9 Å². The monoisotopic (exact) mass is 201 g/mol. The van der Waals surface area contributed by atoms with Crippen molar-refractivity contribution < 1.29 is 0 Å². The van der Waals surface area contributed by atoms with Crippen LogP contribution in [0.1, 0.15) is 46.0 Å². The third-order valence-corrected chi connectivity index (χ3v) is 1.46. The van der Waals surface area contributed by atoms with Crippen LogP contribution < -0.4 is 17.2 Å². The molecule has 0 radical (unpaired) electrons. The van der Waals surface area contributed by atoms with Crippen molar-refractivity contribution in [2.24, 2.45) is 22.2 Å². The molecule has 0 heterocycles. The lowest BCUT2D eigenvalue weighted by Crippen LogP contribution is -2.25. The van der Waals surface area contributed by atoms with Crippen LogP contribution in [0.15, 0.2) is 4.99 Å². The van der Waals surface area contributed by atoms with Gasteiger partial charge in [0.15, 0.2) is 5.96 Å². The van der Waals surface area contributed by atoms with Crippen LogP contribution in [0.2, 0.25) is 0 Å². The van der Waals surface area contributed by atoms with E-state index < -0.39 is 0 Å². The quantitative estimate of drug-likeness (QED) is 0.310. The molecule has 0 aromatic rings. The molecule has 0 bridgehead atoms. The molecule has 0 rings (SSSR count). The summed E-state index contributed by atoms with van der Waals surface area (Å²) in [4.78, 5) is 3.11. The molecule has 0 aliphatic rings. The molecule has 7 N–H and O–H groups in total. The van der Waals surface area contributed by atoms with Gasteiger partial charge < -0.3 is 17.2 Å². The summed E-state index contributed by atoms with van der Waals surface area (Å²) >= 11 is 0. The molecule has 84 valence electrons. The van der Waals surface area contributed by atoms with Gasteiger partial charge in [-0.1, -0.05) is 46.0 Å². The van der Waals surface area contributed by atoms with Gasteiger partial charge in [-0.15, -0.1) is 0 Å². The maximum atomic E-state index is 6.46. The van der Waals surface area contributed by atoms with Crippen molar-refractivity contribution in [3.63, 3.8) is 0 Å². The summed E-state index contributed by atoms with van der Waals surface area (Å²) in [5.74, 6) is -0.562. The summed E-state index contributed by atoms with van der Waals surface area (Å²) in [6, 6.07) is 0. The van der Waals surface area contributed by atoms with Crippen LogP contribution in [-0.2, 0) is 0 Å². The number of hydrogen-bond acceptors (Lipinski definition) is 1. The first kappa shape index (κ1) is 15.2. The highest BCUT2D eigenvalue weighted by Gasteiger charge is 1.80. The average molecular weight is 201 g/mol. The van der Waals surface area contributed by atoms with Crippen LogP contribution in [0.4, 0.5) is 0 Å². The molecule has 0 aliphatic carbocycles. The van der Waals surface area contributed by atoms with Crippen molar-refractivity contribution in [2.45, 2.75) is 46.0 Å². The van der Waals surface area contributed by atoms with Crippen LogP contribution >= 0.6 is 0 Å². The van der Waals surface area contributed by atoms with Gasteiger partial charge in [0.25, 0.3) is 0 Å². The molecule has 14 heavy (non-hydrogen) atoms. The second kappa shape index (κ2) is 11.7. The van der Waals surface area contributed by atoms with E-state index in [0.29, 0.717) is 0 Å². The minimum absolute atomic E-state index is 0.187. The summed E-state index contributed by atoms with van der Waals surface area (Å²) in [5, 5.41) is 6.46. The van der Waals surface area contributed by atoms with Crippen molar-refractivity contribution >= 4 is 11.9 Å². The third kappa shape index (κ3) is 22.4. The standard InChI is InChI=1S/C7H16.C2H7N5/c1-3-5-7-6-4-2;3-1(4)7-2(5)6/h3-7H2,1-2H3;(H7,3,4,5,6,7). The lowest BCUT2D eigenvalue weighted by atomic mass is 10.2. The lowest BCUT2D eigenvalue weighted by Gasteiger charge is -1.90. The van der Waals surface area contributed by atoms with Gasteiger partial charge in [-0.05, 0) is 0 Å². The zero-order chi connectivity index (χ0) is 11.4. The molecule has 0 fully saturated rings. The number of hydrogen-bond donors (Lipinski definition) is 4. The fourth-order valence-electron chi connectivity index (χ4n) is 0.816. The second-order valence-electron chi connectivity index (χ2n) is 2.98. The van der Waals surface area contributed by atoms with Gasteiger partial charge in [0.1, 0.15) is 0 Å². The van der Waals surface area contributed by atoms with Gasteiger partial charge in [-0.25, -0.2) is 0 Å². The largest absolute Gasteiger partial charge is 0.370 e. The average Bonchev–Trinajstić information content (AvgIpc) is 2.04. The minimum atomic E-state index is -0.375. The SMILES string of the molecule is CCCCCCC.N=C(N)N=C(N)N. The summed E-state index contributed by atoms with van der Waals surface area (Å²) in [6.45, 7) is 4.49. The zero-order valence-electron chi connectivity index (χ0n) is 9.21. The van der Waals surface area contributed by atoms with Gasteiger partial charge >= 0.3 is 0 Å². The Morgan fingerprint density at radius 2 is 1.43 bits per heavy atom. The molecular weight excluding hydrogens is 178 g/mol. The van der Waals surface area contributed by atoms with E-state index >= 15 is 0 Å². The van der Waals surface area contributed by atoms with E-state index in [1.165, 1.54) is 32.1 Å². The molecule has 5 nitrogen and oxygen atoms in total. The maximum Gasteiger partial charge on any atom is 0.215 e. The second-order valence-corrected chi connectivity index (χ2v) is 2.98.